The number of nitrogen functional groups attached to an aromatic ring is 1. The Morgan fingerprint density at radius 1 is 1.52 bits per heavy atom. The fourth-order valence-corrected chi connectivity index (χ4v) is 2.51. The highest BCUT2D eigenvalue weighted by Gasteiger charge is 2.19. The monoisotopic (exact) mass is 402 g/mol. The Balaban J connectivity index is 2.58. The van der Waals surface area contributed by atoms with Gasteiger partial charge in [-0.2, -0.15) is 15.6 Å². The third-order valence-corrected chi connectivity index (χ3v) is 3.94. The van der Waals surface area contributed by atoms with Gasteiger partial charge in [0.05, 0.1) is 28.1 Å². The van der Waals surface area contributed by atoms with Crippen molar-refractivity contribution in [1.29, 1.82) is 10.5 Å². The molecule has 0 amide bonds. The molecule has 0 unspecified atom stereocenters. The fourth-order valence-electron chi connectivity index (χ4n) is 2.12. The number of nitrogens with zero attached hydrogens (tertiary/aromatic N) is 5. The van der Waals surface area contributed by atoms with E-state index in [4.69, 9.17) is 10.8 Å². The number of benzene rings is 1. The average molecular weight is 403 g/mol. The van der Waals surface area contributed by atoms with Crippen molar-refractivity contribution in [2.75, 3.05) is 12.3 Å². The minimum Gasteiger partial charge on any atom is -0.394 e. The summed E-state index contributed by atoms with van der Waals surface area (Å²) in [5.41, 5.74) is 6.13. The molecule has 0 aliphatic heterocycles. The van der Waals surface area contributed by atoms with Gasteiger partial charge in [0.1, 0.15) is 29.2 Å². The maximum atomic E-state index is 11.0. The van der Waals surface area contributed by atoms with E-state index >= 15 is 0 Å². The number of aromatic nitrogens is 2. The molecule has 0 saturated carbocycles. The van der Waals surface area contributed by atoms with E-state index in [1.165, 1.54) is 22.9 Å². The van der Waals surface area contributed by atoms with Crippen molar-refractivity contribution >= 4 is 39.1 Å². The number of nitro groups is 1. The number of aliphatic hydroxyl groups excluding tert-OH is 1. The highest BCUT2D eigenvalue weighted by atomic mass is 79.9. The molecule has 0 fully saturated rings. The number of hydrogen-bond donors (Lipinski definition) is 2. The second kappa shape index (κ2) is 7.57. The lowest BCUT2D eigenvalue weighted by Gasteiger charge is -2.00. The number of anilines is 1. The Kier molecular flexibility index (Phi) is 5.49. The molecule has 3 N–H and O–H groups in total. The quantitative estimate of drug-likeness (QED) is 0.440. The predicted molar refractivity (Wildman–Crippen MR) is 92.7 cm³/mol. The van der Waals surface area contributed by atoms with Crippen LogP contribution in [0.3, 0.4) is 0 Å². The smallest absolute Gasteiger partial charge is 0.284 e. The molecule has 0 radical (unpaired) electrons. The number of nitro benzene ring substituents is 1. The molecule has 1 heterocycles. The van der Waals surface area contributed by atoms with E-state index in [0.29, 0.717) is 10.0 Å². The zero-order chi connectivity index (χ0) is 18.6. The molecule has 0 spiro atoms. The third kappa shape index (κ3) is 3.66. The SMILES string of the molecule is N#CC(=Cc1ccc(Br)c([N+](=O)[O-])c1)c1nn(CCO)c(N)c1C#N. The highest BCUT2D eigenvalue weighted by molar-refractivity contribution is 9.10. The van der Waals surface area contributed by atoms with E-state index in [2.05, 4.69) is 21.0 Å². The molecule has 0 atom stereocenters. The topological polar surface area (TPSA) is 155 Å². The number of aliphatic hydroxyl groups is 1. The van der Waals surface area contributed by atoms with Crippen molar-refractivity contribution in [2.45, 2.75) is 6.54 Å². The number of rotatable bonds is 5. The maximum absolute atomic E-state index is 11.0. The molecule has 126 valence electrons. The predicted octanol–water partition coefficient (Wildman–Crippen LogP) is 2.06. The van der Waals surface area contributed by atoms with Crippen LogP contribution in [0.5, 0.6) is 0 Å². The van der Waals surface area contributed by atoms with Crippen molar-refractivity contribution in [3.63, 3.8) is 0 Å². The molecule has 25 heavy (non-hydrogen) atoms. The molecule has 0 aliphatic carbocycles. The number of allylic oxidation sites excluding steroid dienone is 1. The summed E-state index contributed by atoms with van der Waals surface area (Å²) < 4.78 is 1.53. The molecule has 9 nitrogen and oxygen atoms in total. The summed E-state index contributed by atoms with van der Waals surface area (Å²) in [5, 5.41) is 42.8. The summed E-state index contributed by atoms with van der Waals surface area (Å²) in [6, 6.07) is 8.17. The zero-order valence-electron chi connectivity index (χ0n) is 12.7. The zero-order valence-corrected chi connectivity index (χ0v) is 14.3. The summed E-state index contributed by atoms with van der Waals surface area (Å²) >= 11 is 3.09. The molecule has 2 aromatic rings. The van der Waals surface area contributed by atoms with Crippen LogP contribution in [0.25, 0.3) is 11.6 Å². The fraction of sp³-hybridized carbons (Fsp3) is 0.133. The molecule has 0 aliphatic rings. The summed E-state index contributed by atoms with van der Waals surface area (Å²) in [5.74, 6) is 0.0366. The highest BCUT2D eigenvalue weighted by Crippen LogP contribution is 2.29. The number of halogens is 1. The first-order valence-electron chi connectivity index (χ1n) is 6.86. The minimum absolute atomic E-state index is 0.00728. The maximum Gasteiger partial charge on any atom is 0.284 e. The molecule has 1 aromatic heterocycles. The number of hydrogen-bond acceptors (Lipinski definition) is 7. The lowest BCUT2D eigenvalue weighted by Crippen LogP contribution is -2.07. The van der Waals surface area contributed by atoms with Crippen molar-refractivity contribution in [3.8, 4) is 12.1 Å². The molecular weight excluding hydrogens is 392 g/mol. The van der Waals surface area contributed by atoms with Gasteiger partial charge in [-0.05, 0) is 33.6 Å². The first kappa shape index (κ1) is 18.1. The molecule has 0 bridgehead atoms. The van der Waals surface area contributed by atoms with Crippen LogP contribution in [-0.4, -0.2) is 26.4 Å². The molecular formula is C15H11BrN6O3. The third-order valence-electron chi connectivity index (χ3n) is 3.27. The molecule has 2 rings (SSSR count). The standard InChI is InChI=1S/C15H11BrN6O3/c16-12-2-1-9(6-13(12)22(24)25)5-10(7-17)14-11(8-18)15(19)21(20-14)3-4-23/h1-2,5-6,23H,3-4,19H2. The van der Waals surface area contributed by atoms with E-state index in [1.807, 2.05) is 12.1 Å². The van der Waals surface area contributed by atoms with Gasteiger partial charge in [0.25, 0.3) is 5.69 Å². The van der Waals surface area contributed by atoms with Gasteiger partial charge in [-0.3, -0.25) is 10.1 Å². The Hall–Kier alpha value is -3.21. The second-order valence-corrected chi connectivity index (χ2v) is 5.66. The molecule has 1 aromatic carbocycles. The van der Waals surface area contributed by atoms with Crippen molar-refractivity contribution in [2.24, 2.45) is 0 Å². The lowest BCUT2D eigenvalue weighted by molar-refractivity contribution is -0.385. The van der Waals surface area contributed by atoms with E-state index in [9.17, 15) is 20.6 Å². The summed E-state index contributed by atoms with van der Waals surface area (Å²) in [4.78, 5) is 10.5. The van der Waals surface area contributed by atoms with Gasteiger partial charge in [0, 0.05) is 6.07 Å². The molecule has 0 saturated heterocycles. The van der Waals surface area contributed by atoms with Crippen LogP contribution in [0.1, 0.15) is 16.8 Å². The van der Waals surface area contributed by atoms with Gasteiger partial charge in [0.15, 0.2) is 0 Å². The van der Waals surface area contributed by atoms with Gasteiger partial charge < -0.3 is 10.8 Å². The first-order valence-corrected chi connectivity index (χ1v) is 7.65. The largest absolute Gasteiger partial charge is 0.394 e. The van der Waals surface area contributed by atoms with E-state index in [-0.39, 0.29) is 41.5 Å². The van der Waals surface area contributed by atoms with Crippen LogP contribution < -0.4 is 5.73 Å². The second-order valence-electron chi connectivity index (χ2n) is 4.81. The van der Waals surface area contributed by atoms with Crippen LogP contribution in [0.2, 0.25) is 0 Å². The van der Waals surface area contributed by atoms with Gasteiger partial charge >= 0.3 is 0 Å². The first-order chi connectivity index (χ1) is 11.9. The van der Waals surface area contributed by atoms with E-state index in [0.717, 1.165) is 0 Å². The number of nitrogens with two attached hydrogens (primary N) is 1. The average Bonchev–Trinajstić information content (AvgIpc) is 2.90. The van der Waals surface area contributed by atoms with Crippen LogP contribution >= 0.6 is 15.9 Å². The Morgan fingerprint density at radius 2 is 2.24 bits per heavy atom. The van der Waals surface area contributed by atoms with Gasteiger partial charge in [-0.1, -0.05) is 6.07 Å². The number of nitriles is 2. The lowest BCUT2D eigenvalue weighted by atomic mass is 10.1. The van der Waals surface area contributed by atoms with Crippen molar-refractivity contribution in [3.05, 3.63) is 49.6 Å². The van der Waals surface area contributed by atoms with Crippen molar-refractivity contribution in [1.82, 2.24) is 9.78 Å². The summed E-state index contributed by atoms with van der Waals surface area (Å²) in [6.07, 6.45) is 1.38. The molecule has 10 heteroatoms. The van der Waals surface area contributed by atoms with E-state index < -0.39 is 4.92 Å². The van der Waals surface area contributed by atoms with Crippen LogP contribution in [0.15, 0.2) is 22.7 Å². The van der Waals surface area contributed by atoms with Crippen LogP contribution in [-0.2, 0) is 6.54 Å². The van der Waals surface area contributed by atoms with Crippen LogP contribution in [0.4, 0.5) is 11.5 Å². The van der Waals surface area contributed by atoms with Gasteiger partial charge in [-0.15, -0.1) is 0 Å². The Bertz CT molecular complexity index is 951. The van der Waals surface area contributed by atoms with Crippen LogP contribution in [0, 0.1) is 32.8 Å². The van der Waals surface area contributed by atoms with Gasteiger partial charge in [-0.25, -0.2) is 4.68 Å². The van der Waals surface area contributed by atoms with Gasteiger partial charge in [0.2, 0.25) is 0 Å². The Morgan fingerprint density at radius 3 is 2.80 bits per heavy atom. The summed E-state index contributed by atoms with van der Waals surface area (Å²) in [7, 11) is 0. The Labute approximate surface area is 150 Å². The minimum atomic E-state index is -0.553. The normalized spacial score (nSPS) is 11.0. The van der Waals surface area contributed by atoms with Crippen molar-refractivity contribution < 1.29 is 10.0 Å². The summed E-state index contributed by atoms with van der Waals surface area (Å²) in [6.45, 7) is -0.163. The van der Waals surface area contributed by atoms with E-state index in [1.54, 1.807) is 6.07 Å².